The number of aromatic nitrogens is 9. The summed E-state index contributed by atoms with van der Waals surface area (Å²) in [4.78, 5) is 36.0. The van der Waals surface area contributed by atoms with E-state index in [0.717, 1.165) is 33.5 Å². The predicted molar refractivity (Wildman–Crippen MR) is 99.7 cm³/mol. The number of hydrogen-bond acceptors (Lipinski definition) is 6. The van der Waals surface area contributed by atoms with Gasteiger partial charge >= 0.3 is 0 Å². The Hall–Kier alpha value is -4.14. The van der Waals surface area contributed by atoms with E-state index in [1.807, 2.05) is 24.3 Å². The van der Waals surface area contributed by atoms with Gasteiger partial charge in [0.1, 0.15) is 17.0 Å². The summed E-state index contributed by atoms with van der Waals surface area (Å²) in [7, 11) is 0. The van der Waals surface area contributed by atoms with Crippen molar-refractivity contribution >= 4 is 33.4 Å². The highest BCUT2D eigenvalue weighted by molar-refractivity contribution is 5.83. The zero-order valence-electron chi connectivity index (χ0n) is 13.8. The van der Waals surface area contributed by atoms with Crippen LogP contribution >= 0.6 is 0 Å². The van der Waals surface area contributed by atoms with E-state index in [1.54, 1.807) is 24.9 Å². The third-order valence-corrected chi connectivity index (χ3v) is 4.42. The first kappa shape index (κ1) is 14.1. The first-order chi connectivity index (χ1) is 13.3. The fourth-order valence-corrected chi connectivity index (χ4v) is 3.09. The SMILES string of the molecule is c1cc2nc(-c3cnc4[nH]c(-c5ccc6[nH]cnc6n5)nc4c3)[nH]c2cn1. The van der Waals surface area contributed by atoms with Crippen molar-refractivity contribution in [1.82, 2.24) is 44.9 Å². The molecule has 0 saturated heterocycles. The van der Waals surface area contributed by atoms with Gasteiger partial charge < -0.3 is 15.0 Å². The molecular weight excluding hydrogens is 342 g/mol. The maximum absolute atomic E-state index is 4.64. The molecule has 0 amide bonds. The lowest BCUT2D eigenvalue weighted by Gasteiger charge is -1.95. The summed E-state index contributed by atoms with van der Waals surface area (Å²) in [6, 6.07) is 7.63. The molecule has 128 valence electrons. The second kappa shape index (κ2) is 5.18. The van der Waals surface area contributed by atoms with E-state index in [9.17, 15) is 0 Å². The van der Waals surface area contributed by atoms with Crippen LogP contribution < -0.4 is 0 Å². The van der Waals surface area contributed by atoms with Crippen molar-refractivity contribution in [1.29, 1.82) is 0 Å². The maximum atomic E-state index is 4.64. The number of hydrogen-bond donors (Lipinski definition) is 3. The summed E-state index contributed by atoms with van der Waals surface area (Å²) >= 11 is 0. The molecule has 0 aliphatic rings. The van der Waals surface area contributed by atoms with Gasteiger partial charge in [0, 0.05) is 18.0 Å². The Bertz CT molecular complexity index is 1410. The van der Waals surface area contributed by atoms with E-state index in [0.29, 0.717) is 22.8 Å². The van der Waals surface area contributed by atoms with Crippen LogP contribution in [0.3, 0.4) is 0 Å². The molecule has 6 heterocycles. The third kappa shape index (κ3) is 2.18. The molecule has 0 aliphatic heterocycles. The zero-order valence-corrected chi connectivity index (χ0v) is 13.8. The Kier molecular flexibility index (Phi) is 2.70. The van der Waals surface area contributed by atoms with E-state index >= 15 is 0 Å². The number of pyridine rings is 3. The van der Waals surface area contributed by atoms with Gasteiger partial charge in [-0.15, -0.1) is 0 Å². The molecule has 0 saturated carbocycles. The largest absolute Gasteiger partial charge is 0.343 e. The van der Waals surface area contributed by atoms with Gasteiger partial charge in [0.2, 0.25) is 0 Å². The monoisotopic (exact) mass is 353 g/mol. The Balaban J connectivity index is 1.46. The molecule has 3 N–H and O–H groups in total. The highest BCUT2D eigenvalue weighted by Crippen LogP contribution is 2.24. The molecule has 0 aliphatic carbocycles. The lowest BCUT2D eigenvalue weighted by atomic mass is 10.2. The maximum Gasteiger partial charge on any atom is 0.178 e. The van der Waals surface area contributed by atoms with Gasteiger partial charge in [0.15, 0.2) is 17.1 Å². The molecule has 0 aromatic carbocycles. The van der Waals surface area contributed by atoms with Gasteiger partial charge in [-0.1, -0.05) is 0 Å². The van der Waals surface area contributed by atoms with Crippen LogP contribution in [0.15, 0.2) is 49.2 Å². The van der Waals surface area contributed by atoms with Crippen molar-refractivity contribution in [3.05, 3.63) is 49.2 Å². The fraction of sp³-hybridized carbons (Fsp3) is 0. The van der Waals surface area contributed by atoms with Crippen LogP contribution in [0.2, 0.25) is 0 Å². The summed E-state index contributed by atoms with van der Waals surface area (Å²) < 4.78 is 0. The molecule has 9 nitrogen and oxygen atoms in total. The van der Waals surface area contributed by atoms with Gasteiger partial charge in [0.25, 0.3) is 0 Å². The molecule has 9 heteroatoms. The summed E-state index contributed by atoms with van der Waals surface area (Å²) in [6.07, 6.45) is 6.86. The van der Waals surface area contributed by atoms with Crippen LogP contribution in [0.25, 0.3) is 56.3 Å². The van der Waals surface area contributed by atoms with E-state index in [4.69, 9.17) is 0 Å². The molecular formula is C18H11N9. The minimum absolute atomic E-state index is 0.647. The van der Waals surface area contributed by atoms with E-state index < -0.39 is 0 Å². The summed E-state index contributed by atoms with van der Waals surface area (Å²) in [6.45, 7) is 0. The molecule has 0 spiro atoms. The fourth-order valence-electron chi connectivity index (χ4n) is 3.09. The van der Waals surface area contributed by atoms with Crippen molar-refractivity contribution in [3.8, 4) is 22.9 Å². The number of fused-ring (bicyclic) bond motifs is 3. The highest BCUT2D eigenvalue weighted by Gasteiger charge is 2.12. The van der Waals surface area contributed by atoms with Crippen molar-refractivity contribution in [2.45, 2.75) is 0 Å². The Morgan fingerprint density at radius 1 is 0.778 bits per heavy atom. The second-order valence-corrected chi connectivity index (χ2v) is 6.13. The first-order valence-corrected chi connectivity index (χ1v) is 8.30. The normalized spacial score (nSPS) is 11.7. The Morgan fingerprint density at radius 2 is 1.74 bits per heavy atom. The lowest BCUT2D eigenvalue weighted by molar-refractivity contribution is 1.24. The van der Waals surface area contributed by atoms with Crippen molar-refractivity contribution in [2.24, 2.45) is 0 Å². The van der Waals surface area contributed by atoms with Crippen molar-refractivity contribution in [3.63, 3.8) is 0 Å². The van der Waals surface area contributed by atoms with Crippen LogP contribution in [0.4, 0.5) is 0 Å². The minimum Gasteiger partial charge on any atom is -0.343 e. The van der Waals surface area contributed by atoms with Crippen LogP contribution in [-0.4, -0.2) is 44.9 Å². The van der Waals surface area contributed by atoms with E-state index in [1.165, 1.54) is 0 Å². The first-order valence-electron chi connectivity index (χ1n) is 8.30. The Labute approximate surface area is 151 Å². The van der Waals surface area contributed by atoms with Gasteiger partial charge in [-0.3, -0.25) is 4.98 Å². The molecule has 0 bridgehead atoms. The summed E-state index contributed by atoms with van der Waals surface area (Å²) in [5.41, 5.74) is 6.27. The van der Waals surface area contributed by atoms with Gasteiger partial charge in [-0.25, -0.2) is 24.9 Å². The molecule has 6 aromatic heterocycles. The minimum atomic E-state index is 0.647. The summed E-state index contributed by atoms with van der Waals surface area (Å²) in [5.74, 6) is 1.38. The molecule has 0 radical (unpaired) electrons. The average molecular weight is 353 g/mol. The smallest absolute Gasteiger partial charge is 0.178 e. The van der Waals surface area contributed by atoms with Crippen molar-refractivity contribution < 1.29 is 0 Å². The number of aromatic amines is 3. The van der Waals surface area contributed by atoms with E-state index in [-0.39, 0.29) is 0 Å². The number of rotatable bonds is 2. The molecule has 0 unspecified atom stereocenters. The molecule has 27 heavy (non-hydrogen) atoms. The molecule has 0 atom stereocenters. The topological polar surface area (TPSA) is 125 Å². The van der Waals surface area contributed by atoms with Gasteiger partial charge in [-0.05, 0) is 24.3 Å². The van der Waals surface area contributed by atoms with Crippen LogP contribution in [0.1, 0.15) is 0 Å². The number of nitrogens with zero attached hydrogens (tertiary/aromatic N) is 6. The second-order valence-electron chi connectivity index (χ2n) is 6.13. The molecule has 6 rings (SSSR count). The molecule has 0 fully saturated rings. The number of H-pyrrole nitrogens is 3. The average Bonchev–Trinajstić information content (AvgIpc) is 3.42. The number of imidazole rings is 3. The molecule has 6 aromatic rings. The van der Waals surface area contributed by atoms with Crippen molar-refractivity contribution in [2.75, 3.05) is 0 Å². The van der Waals surface area contributed by atoms with Crippen LogP contribution in [-0.2, 0) is 0 Å². The van der Waals surface area contributed by atoms with Gasteiger partial charge in [0.05, 0.1) is 29.1 Å². The van der Waals surface area contributed by atoms with Gasteiger partial charge in [-0.2, -0.15) is 0 Å². The van der Waals surface area contributed by atoms with E-state index in [2.05, 4.69) is 44.9 Å². The Morgan fingerprint density at radius 3 is 2.70 bits per heavy atom. The third-order valence-electron chi connectivity index (χ3n) is 4.42. The summed E-state index contributed by atoms with van der Waals surface area (Å²) in [5, 5.41) is 0. The highest BCUT2D eigenvalue weighted by atomic mass is 15.0. The van der Waals surface area contributed by atoms with Crippen LogP contribution in [0, 0.1) is 0 Å². The quantitative estimate of drug-likeness (QED) is 0.439. The van der Waals surface area contributed by atoms with Crippen LogP contribution in [0.5, 0.6) is 0 Å². The number of nitrogens with one attached hydrogen (secondary N) is 3. The lowest BCUT2D eigenvalue weighted by Crippen LogP contribution is -1.86. The predicted octanol–water partition coefficient (Wildman–Crippen LogP) is 2.83. The standard InChI is InChI=1S/C18H11N9/c1-2-12(24-16-11(1)21-8-22-16)18-25-13-5-9(6-20-17(13)27-18)15-23-10-3-4-19-7-14(10)26-15/h1-8H,(H,23,26)(H,20,25,27)(H,21,22,24). The zero-order chi connectivity index (χ0) is 17.8.